The molecule has 2 aromatic carbocycles. The normalized spacial score (nSPS) is 13.0. The Morgan fingerprint density at radius 2 is 1.76 bits per heavy atom. The van der Waals surface area contributed by atoms with Crippen molar-refractivity contribution in [3.63, 3.8) is 0 Å². The van der Waals surface area contributed by atoms with Crippen LogP contribution in [0.1, 0.15) is 47.1 Å². The summed E-state index contributed by atoms with van der Waals surface area (Å²) in [6.45, 7) is 7.46. The lowest BCUT2D eigenvalue weighted by Gasteiger charge is -2.31. The number of aromatic nitrogens is 1. The van der Waals surface area contributed by atoms with Gasteiger partial charge in [-0.15, -0.1) is 0 Å². The molecule has 0 spiro atoms. The van der Waals surface area contributed by atoms with Crippen LogP contribution in [0.3, 0.4) is 0 Å². The molecule has 7 heteroatoms. The van der Waals surface area contributed by atoms with E-state index in [1.165, 1.54) is 5.56 Å². The van der Waals surface area contributed by atoms with E-state index < -0.39 is 0 Å². The van der Waals surface area contributed by atoms with E-state index in [2.05, 4.69) is 36.4 Å². The molecule has 2 heterocycles. The first-order valence-corrected chi connectivity index (χ1v) is 10.9. The SMILES string of the molecule is CNC(=O)c1ccc(N2CCOc3c(C(=O)Nc4ccc(C(C)(C)C)cc4)cccc32)nc1. The van der Waals surface area contributed by atoms with E-state index in [0.717, 1.165) is 11.4 Å². The third-order valence-electron chi connectivity index (χ3n) is 5.61. The summed E-state index contributed by atoms with van der Waals surface area (Å²) in [4.78, 5) is 31.3. The number of anilines is 3. The summed E-state index contributed by atoms with van der Waals surface area (Å²) in [5, 5.41) is 5.56. The van der Waals surface area contributed by atoms with Crippen LogP contribution in [0.5, 0.6) is 5.75 Å². The Balaban J connectivity index is 1.58. The highest BCUT2D eigenvalue weighted by molar-refractivity contribution is 6.07. The van der Waals surface area contributed by atoms with Crippen LogP contribution >= 0.6 is 0 Å². The summed E-state index contributed by atoms with van der Waals surface area (Å²) in [6, 6.07) is 16.9. The van der Waals surface area contributed by atoms with Crippen molar-refractivity contribution in [3.8, 4) is 5.75 Å². The Morgan fingerprint density at radius 3 is 2.39 bits per heavy atom. The van der Waals surface area contributed by atoms with Crippen molar-refractivity contribution in [1.29, 1.82) is 0 Å². The zero-order valence-corrected chi connectivity index (χ0v) is 19.3. The number of rotatable bonds is 4. The van der Waals surface area contributed by atoms with E-state index in [1.807, 2.05) is 41.3 Å². The molecule has 1 aromatic heterocycles. The van der Waals surface area contributed by atoms with E-state index in [1.54, 1.807) is 31.4 Å². The zero-order chi connectivity index (χ0) is 23.6. The van der Waals surface area contributed by atoms with Gasteiger partial charge in [0, 0.05) is 18.9 Å². The molecule has 4 rings (SSSR count). The van der Waals surface area contributed by atoms with E-state index in [9.17, 15) is 9.59 Å². The van der Waals surface area contributed by atoms with Gasteiger partial charge >= 0.3 is 0 Å². The van der Waals surface area contributed by atoms with Crippen LogP contribution in [0.15, 0.2) is 60.8 Å². The minimum atomic E-state index is -0.236. The molecule has 170 valence electrons. The Morgan fingerprint density at radius 1 is 1.00 bits per heavy atom. The molecule has 0 fully saturated rings. The number of carbonyl (C=O) groups is 2. The second-order valence-electron chi connectivity index (χ2n) is 8.92. The molecule has 0 unspecified atom stereocenters. The van der Waals surface area contributed by atoms with Gasteiger partial charge in [0.1, 0.15) is 12.4 Å². The summed E-state index contributed by atoms with van der Waals surface area (Å²) in [6.07, 6.45) is 1.54. The number of benzene rings is 2. The largest absolute Gasteiger partial charge is 0.489 e. The number of pyridine rings is 1. The van der Waals surface area contributed by atoms with Crippen LogP contribution in [0.25, 0.3) is 0 Å². The average Bonchev–Trinajstić information content (AvgIpc) is 2.82. The summed E-state index contributed by atoms with van der Waals surface area (Å²) < 4.78 is 5.91. The van der Waals surface area contributed by atoms with Crippen LogP contribution < -0.4 is 20.3 Å². The van der Waals surface area contributed by atoms with Gasteiger partial charge in [-0.3, -0.25) is 9.59 Å². The van der Waals surface area contributed by atoms with Crippen molar-refractivity contribution in [2.24, 2.45) is 0 Å². The smallest absolute Gasteiger partial charge is 0.259 e. The first-order chi connectivity index (χ1) is 15.8. The molecular formula is C26H28N4O3. The van der Waals surface area contributed by atoms with Crippen LogP contribution in [-0.2, 0) is 5.41 Å². The number of hydrogen-bond donors (Lipinski definition) is 2. The fourth-order valence-corrected chi connectivity index (χ4v) is 3.74. The van der Waals surface area contributed by atoms with Crippen molar-refractivity contribution in [1.82, 2.24) is 10.3 Å². The first kappa shape index (κ1) is 22.3. The van der Waals surface area contributed by atoms with E-state index in [0.29, 0.717) is 35.8 Å². The van der Waals surface area contributed by atoms with Gasteiger partial charge in [-0.1, -0.05) is 39.0 Å². The van der Waals surface area contributed by atoms with Crippen molar-refractivity contribution in [2.75, 3.05) is 30.4 Å². The highest BCUT2D eigenvalue weighted by Gasteiger charge is 2.26. The zero-order valence-electron chi connectivity index (χ0n) is 19.3. The second kappa shape index (κ2) is 8.94. The topological polar surface area (TPSA) is 83.6 Å². The van der Waals surface area contributed by atoms with Gasteiger partial charge in [0.25, 0.3) is 11.8 Å². The van der Waals surface area contributed by atoms with Crippen LogP contribution in [0.2, 0.25) is 0 Å². The summed E-state index contributed by atoms with van der Waals surface area (Å²) in [7, 11) is 1.58. The molecule has 2 N–H and O–H groups in total. The lowest BCUT2D eigenvalue weighted by atomic mass is 9.87. The van der Waals surface area contributed by atoms with Gasteiger partial charge in [0.2, 0.25) is 0 Å². The Kier molecular flexibility index (Phi) is 6.05. The Labute approximate surface area is 193 Å². The second-order valence-corrected chi connectivity index (χ2v) is 8.92. The number of nitrogens with one attached hydrogen (secondary N) is 2. The third kappa shape index (κ3) is 4.67. The van der Waals surface area contributed by atoms with Crippen molar-refractivity contribution in [2.45, 2.75) is 26.2 Å². The molecule has 3 aromatic rings. The van der Waals surface area contributed by atoms with Gasteiger partial charge in [-0.05, 0) is 47.4 Å². The molecule has 33 heavy (non-hydrogen) atoms. The quantitative estimate of drug-likeness (QED) is 0.618. The minimum Gasteiger partial charge on any atom is -0.489 e. The number of nitrogens with zero attached hydrogens (tertiary/aromatic N) is 2. The Bertz CT molecular complexity index is 1170. The summed E-state index contributed by atoms with van der Waals surface area (Å²) in [5.74, 6) is 0.776. The van der Waals surface area contributed by atoms with Gasteiger partial charge < -0.3 is 20.3 Å². The van der Waals surface area contributed by atoms with E-state index in [-0.39, 0.29) is 17.2 Å². The fourth-order valence-electron chi connectivity index (χ4n) is 3.74. The predicted octanol–water partition coefficient (Wildman–Crippen LogP) is 4.52. The number of carbonyl (C=O) groups excluding carboxylic acids is 2. The maximum Gasteiger partial charge on any atom is 0.259 e. The number of amides is 2. The minimum absolute atomic E-state index is 0.0465. The molecule has 0 radical (unpaired) electrons. The molecule has 7 nitrogen and oxygen atoms in total. The van der Waals surface area contributed by atoms with E-state index >= 15 is 0 Å². The number of ether oxygens (including phenoxy) is 1. The molecule has 0 atom stereocenters. The molecule has 0 bridgehead atoms. The molecule has 1 aliphatic heterocycles. The molecule has 0 saturated heterocycles. The standard InChI is InChI=1S/C26H28N4O3/c1-26(2,3)18-9-11-19(12-10-18)29-25(32)20-6-5-7-21-23(20)33-15-14-30(21)22-13-8-17(16-28-22)24(31)27-4/h5-13,16H,14-15H2,1-4H3,(H,27,31)(H,29,32). The molecule has 0 aliphatic carbocycles. The van der Waals surface area contributed by atoms with Crippen LogP contribution in [0.4, 0.5) is 17.2 Å². The van der Waals surface area contributed by atoms with Gasteiger partial charge in [0.05, 0.1) is 23.4 Å². The fraction of sp³-hybridized carbons (Fsp3) is 0.269. The number of hydrogen-bond acceptors (Lipinski definition) is 5. The van der Waals surface area contributed by atoms with Crippen molar-refractivity contribution < 1.29 is 14.3 Å². The van der Waals surface area contributed by atoms with E-state index in [4.69, 9.17) is 4.74 Å². The predicted molar refractivity (Wildman–Crippen MR) is 130 cm³/mol. The summed E-state index contributed by atoms with van der Waals surface area (Å²) in [5.41, 5.74) is 3.68. The Hall–Kier alpha value is -3.87. The maximum absolute atomic E-state index is 13.1. The molecule has 0 saturated carbocycles. The average molecular weight is 445 g/mol. The number of fused-ring (bicyclic) bond motifs is 1. The van der Waals surface area contributed by atoms with Gasteiger partial charge in [-0.2, -0.15) is 0 Å². The van der Waals surface area contributed by atoms with Gasteiger partial charge in [0.15, 0.2) is 5.75 Å². The van der Waals surface area contributed by atoms with Crippen molar-refractivity contribution >= 4 is 29.0 Å². The molecular weight excluding hydrogens is 416 g/mol. The highest BCUT2D eigenvalue weighted by atomic mass is 16.5. The first-order valence-electron chi connectivity index (χ1n) is 10.9. The molecule has 1 aliphatic rings. The number of para-hydroxylation sites is 1. The lowest BCUT2D eigenvalue weighted by Crippen LogP contribution is -2.30. The third-order valence-corrected chi connectivity index (χ3v) is 5.61. The van der Waals surface area contributed by atoms with Crippen LogP contribution in [-0.4, -0.2) is 37.0 Å². The maximum atomic E-state index is 13.1. The molecule has 2 amide bonds. The van der Waals surface area contributed by atoms with Gasteiger partial charge in [-0.25, -0.2) is 4.98 Å². The summed E-state index contributed by atoms with van der Waals surface area (Å²) >= 11 is 0. The monoisotopic (exact) mass is 444 g/mol. The van der Waals surface area contributed by atoms with Crippen molar-refractivity contribution in [3.05, 3.63) is 77.5 Å². The lowest BCUT2D eigenvalue weighted by molar-refractivity contribution is 0.0961. The highest BCUT2D eigenvalue weighted by Crippen LogP contribution is 2.38. The van der Waals surface area contributed by atoms with Crippen LogP contribution in [0, 0.1) is 0 Å².